The molecule has 3 nitrogen and oxygen atoms in total. The molecule has 0 radical (unpaired) electrons. The fourth-order valence-electron chi connectivity index (χ4n) is 1.27. The number of aromatic nitrogens is 1. The van der Waals surface area contributed by atoms with E-state index in [2.05, 4.69) is 0 Å². The zero-order valence-electron chi connectivity index (χ0n) is 8.46. The maximum absolute atomic E-state index is 11.4. The number of aromatic hydroxyl groups is 1. The second-order valence-corrected chi connectivity index (χ2v) is 3.61. The van der Waals surface area contributed by atoms with E-state index in [1.165, 1.54) is 4.57 Å². The monoisotopic (exact) mass is 181 g/mol. The van der Waals surface area contributed by atoms with Crippen molar-refractivity contribution in [3.8, 4) is 5.75 Å². The van der Waals surface area contributed by atoms with E-state index < -0.39 is 0 Å². The first kappa shape index (κ1) is 9.84. The lowest BCUT2D eigenvalue weighted by Crippen LogP contribution is -2.19. The van der Waals surface area contributed by atoms with Gasteiger partial charge in [-0.15, -0.1) is 0 Å². The van der Waals surface area contributed by atoms with Crippen LogP contribution in [0.5, 0.6) is 5.75 Å². The Balaban J connectivity index is 3.51. The average Bonchev–Trinajstić information content (AvgIpc) is 2.07. The van der Waals surface area contributed by atoms with Crippen molar-refractivity contribution in [2.45, 2.75) is 26.7 Å². The van der Waals surface area contributed by atoms with E-state index in [0.29, 0.717) is 0 Å². The normalized spacial score (nSPS) is 10.8. The maximum Gasteiger partial charge on any atom is 0.292 e. The Hall–Kier alpha value is -1.25. The first-order valence-corrected chi connectivity index (χ1v) is 4.34. The minimum Gasteiger partial charge on any atom is -0.503 e. The molecule has 1 aromatic heterocycles. The summed E-state index contributed by atoms with van der Waals surface area (Å²) in [6.07, 6.45) is 0. The van der Waals surface area contributed by atoms with E-state index in [1.54, 1.807) is 7.05 Å². The van der Waals surface area contributed by atoms with Crippen LogP contribution in [0.2, 0.25) is 0 Å². The molecular formula is C10H15NO2. The van der Waals surface area contributed by atoms with Crippen molar-refractivity contribution in [2.75, 3.05) is 0 Å². The molecule has 1 aromatic rings. The van der Waals surface area contributed by atoms with Crippen LogP contribution in [0.25, 0.3) is 0 Å². The lowest BCUT2D eigenvalue weighted by atomic mass is 10.0. The molecule has 0 aromatic carbocycles. The van der Waals surface area contributed by atoms with Crippen molar-refractivity contribution in [1.29, 1.82) is 0 Å². The van der Waals surface area contributed by atoms with Crippen LogP contribution in [0, 0.1) is 6.92 Å². The van der Waals surface area contributed by atoms with E-state index in [9.17, 15) is 9.90 Å². The van der Waals surface area contributed by atoms with E-state index in [1.807, 2.05) is 26.8 Å². The zero-order chi connectivity index (χ0) is 10.2. The average molecular weight is 181 g/mol. The first-order valence-electron chi connectivity index (χ1n) is 4.34. The molecule has 0 aliphatic carbocycles. The number of nitrogens with zero attached hydrogens (tertiary/aromatic N) is 1. The van der Waals surface area contributed by atoms with E-state index in [-0.39, 0.29) is 17.2 Å². The highest BCUT2D eigenvalue weighted by atomic mass is 16.3. The minimum atomic E-state index is -0.316. The van der Waals surface area contributed by atoms with E-state index in [4.69, 9.17) is 0 Å². The summed E-state index contributed by atoms with van der Waals surface area (Å²) in [7, 11) is 1.65. The molecule has 1 rings (SSSR count). The Bertz CT molecular complexity index is 377. The Morgan fingerprint density at radius 3 is 2.46 bits per heavy atom. The number of aryl methyl sites for hydroxylation is 1. The standard InChI is InChI=1S/C10H15NO2/c1-6(2)8-5-7(3)11(4)10(13)9(8)12/h5-6,12H,1-4H3. The van der Waals surface area contributed by atoms with Crippen molar-refractivity contribution < 1.29 is 5.11 Å². The summed E-state index contributed by atoms with van der Waals surface area (Å²) in [6, 6.07) is 1.85. The van der Waals surface area contributed by atoms with Crippen LogP contribution < -0.4 is 5.56 Å². The van der Waals surface area contributed by atoms with Gasteiger partial charge in [0.2, 0.25) is 0 Å². The summed E-state index contributed by atoms with van der Waals surface area (Å²) in [5.41, 5.74) is 1.27. The molecule has 0 bridgehead atoms. The van der Waals surface area contributed by atoms with Gasteiger partial charge in [0.1, 0.15) is 0 Å². The van der Waals surface area contributed by atoms with Gasteiger partial charge >= 0.3 is 0 Å². The highest BCUT2D eigenvalue weighted by molar-refractivity contribution is 5.34. The quantitative estimate of drug-likeness (QED) is 0.713. The van der Waals surface area contributed by atoms with Gasteiger partial charge in [0, 0.05) is 18.3 Å². The fourth-order valence-corrected chi connectivity index (χ4v) is 1.27. The van der Waals surface area contributed by atoms with Crippen LogP contribution in [0.15, 0.2) is 10.9 Å². The highest BCUT2D eigenvalue weighted by Crippen LogP contribution is 2.22. The van der Waals surface area contributed by atoms with Crippen LogP contribution in [-0.2, 0) is 7.05 Å². The number of hydrogen-bond acceptors (Lipinski definition) is 2. The SMILES string of the molecule is Cc1cc(C(C)C)c(O)c(=O)n1C. The van der Waals surface area contributed by atoms with Crippen LogP contribution in [0.3, 0.4) is 0 Å². The summed E-state index contributed by atoms with van der Waals surface area (Å²) < 4.78 is 1.45. The molecule has 0 aliphatic heterocycles. The van der Waals surface area contributed by atoms with Crippen molar-refractivity contribution in [3.63, 3.8) is 0 Å². The molecule has 0 amide bonds. The summed E-state index contributed by atoms with van der Waals surface area (Å²) in [6.45, 7) is 5.76. The molecule has 0 atom stereocenters. The Kier molecular flexibility index (Phi) is 2.45. The van der Waals surface area contributed by atoms with Crippen molar-refractivity contribution >= 4 is 0 Å². The van der Waals surface area contributed by atoms with Gasteiger partial charge in [-0.1, -0.05) is 13.8 Å². The molecule has 0 saturated carbocycles. The predicted molar refractivity (Wildman–Crippen MR) is 52.2 cm³/mol. The molecule has 0 fully saturated rings. The summed E-state index contributed by atoms with van der Waals surface area (Å²) >= 11 is 0. The minimum absolute atomic E-state index is 0.122. The topological polar surface area (TPSA) is 42.2 Å². The maximum atomic E-state index is 11.4. The first-order chi connectivity index (χ1) is 5.95. The van der Waals surface area contributed by atoms with Crippen LogP contribution in [0.1, 0.15) is 31.0 Å². The third kappa shape index (κ3) is 1.59. The summed E-state index contributed by atoms with van der Waals surface area (Å²) in [4.78, 5) is 11.4. The van der Waals surface area contributed by atoms with Gasteiger partial charge in [-0.05, 0) is 18.9 Å². The lowest BCUT2D eigenvalue weighted by molar-refractivity contribution is 0.449. The molecule has 3 heteroatoms. The third-order valence-corrected chi connectivity index (χ3v) is 2.30. The fraction of sp³-hybridized carbons (Fsp3) is 0.500. The second-order valence-electron chi connectivity index (χ2n) is 3.61. The molecule has 1 N–H and O–H groups in total. The molecule has 13 heavy (non-hydrogen) atoms. The number of rotatable bonds is 1. The van der Waals surface area contributed by atoms with E-state index >= 15 is 0 Å². The third-order valence-electron chi connectivity index (χ3n) is 2.30. The summed E-state index contributed by atoms with van der Waals surface area (Å²) in [5.74, 6) is 0.0516. The van der Waals surface area contributed by atoms with Crippen molar-refractivity contribution in [1.82, 2.24) is 4.57 Å². The van der Waals surface area contributed by atoms with Crippen LogP contribution in [-0.4, -0.2) is 9.67 Å². The van der Waals surface area contributed by atoms with Gasteiger partial charge in [-0.25, -0.2) is 0 Å². The summed E-state index contributed by atoms with van der Waals surface area (Å²) in [5, 5.41) is 9.54. The largest absolute Gasteiger partial charge is 0.503 e. The smallest absolute Gasteiger partial charge is 0.292 e. The van der Waals surface area contributed by atoms with Crippen molar-refractivity contribution in [2.24, 2.45) is 7.05 Å². The molecule has 0 unspecified atom stereocenters. The lowest BCUT2D eigenvalue weighted by Gasteiger charge is -2.11. The van der Waals surface area contributed by atoms with Gasteiger partial charge < -0.3 is 9.67 Å². The second kappa shape index (κ2) is 3.24. The number of pyridine rings is 1. The Morgan fingerprint density at radius 1 is 1.46 bits per heavy atom. The van der Waals surface area contributed by atoms with Crippen LogP contribution >= 0.6 is 0 Å². The molecular weight excluding hydrogens is 166 g/mol. The predicted octanol–water partition coefficient (Wildman–Crippen LogP) is 1.52. The molecule has 0 aliphatic rings. The molecule has 72 valence electrons. The van der Waals surface area contributed by atoms with Gasteiger partial charge in [-0.2, -0.15) is 0 Å². The highest BCUT2D eigenvalue weighted by Gasteiger charge is 2.11. The number of hydrogen-bond donors (Lipinski definition) is 1. The molecule has 0 spiro atoms. The van der Waals surface area contributed by atoms with Gasteiger partial charge in [0.05, 0.1) is 0 Å². The van der Waals surface area contributed by atoms with E-state index in [0.717, 1.165) is 11.3 Å². The Morgan fingerprint density at radius 2 is 2.00 bits per heavy atom. The molecule has 0 saturated heterocycles. The Labute approximate surface area is 77.6 Å². The van der Waals surface area contributed by atoms with Gasteiger partial charge in [0.25, 0.3) is 5.56 Å². The van der Waals surface area contributed by atoms with Crippen LogP contribution in [0.4, 0.5) is 0 Å². The van der Waals surface area contributed by atoms with Gasteiger partial charge in [-0.3, -0.25) is 4.79 Å². The molecule has 1 heterocycles. The van der Waals surface area contributed by atoms with Crippen molar-refractivity contribution in [3.05, 3.63) is 27.7 Å². The zero-order valence-corrected chi connectivity index (χ0v) is 8.46. The van der Waals surface area contributed by atoms with Gasteiger partial charge in [0.15, 0.2) is 5.75 Å².